The fourth-order valence-corrected chi connectivity index (χ4v) is 0.129. The second-order valence-electron chi connectivity index (χ2n) is 1.30. The number of thiol groups is 1. The molecule has 0 spiro atoms. The number of rotatable bonds is 2. The molecule has 0 aliphatic rings. The van der Waals surface area contributed by atoms with E-state index in [1.165, 1.54) is 0 Å². The summed E-state index contributed by atoms with van der Waals surface area (Å²) in [5.41, 5.74) is 0. The third kappa shape index (κ3) is 2.27. The minimum absolute atomic E-state index is 0.119. The average molecular weight is 104 g/mol. The molecule has 1 nitrogen and oxygen atoms in total. The summed E-state index contributed by atoms with van der Waals surface area (Å²) in [5.74, 6) is 0.775. The molecule has 0 heterocycles. The summed E-state index contributed by atoms with van der Waals surface area (Å²) in [6, 6.07) is 0. The molecule has 2 heteroatoms. The van der Waals surface area contributed by atoms with Crippen molar-refractivity contribution in [3.8, 4) is 0 Å². The van der Waals surface area contributed by atoms with E-state index in [4.69, 9.17) is 0 Å². The van der Waals surface area contributed by atoms with Crippen LogP contribution in [0.3, 0.4) is 0 Å². The van der Waals surface area contributed by atoms with Crippen molar-refractivity contribution in [3.05, 3.63) is 0 Å². The number of aldehydes is 1. The number of carbonyl (C=O) groups excluding carboxylic acids is 1. The number of hydrogen-bond acceptors (Lipinski definition) is 2. The van der Waals surface area contributed by atoms with Crippen LogP contribution in [0.4, 0.5) is 0 Å². The highest BCUT2D eigenvalue weighted by atomic mass is 32.1. The zero-order valence-corrected chi connectivity index (χ0v) is 4.61. The lowest BCUT2D eigenvalue weighted by Gasteiger charge is -1.88. The van der Waals surface area contributed by atoms with E-state index in [-0.39, 0.29) is 5.92 Å². The van der Waals surface area contributed by atoms with E-state index < -0.39 is 0 Å². The van der Waals surface area contributed by atoms with Gasteiger partial charge >= 0.3 is 0 Å². The van der Waals surface area contributed by atoms with Gasteiger partial charge in [-0.1, -0.05) is 6.92 Å². The first kappa shape index (κ1) is 6.02. The molecule has 0 aromatic rings. The quantitative estimate of drug-likeness (QED) is 0.404. The van der Waals surface area contributed by atoms with Crippen LogP contribution in [-0.2, 0) is 4.79 Å². The fourth-order valence-electron chi connectivity index (χ4n) is 0.0430. The van der Waals surface area contributed by atoms with Gasteiger partial charge in [0.2, 0.25) is 0 Å². The van der Waals surface area contributed by atoms with E-state index in [9.17, 15) is 4.79 Å². The maximum atomic E-state index is 9.69. The molecule has 0 aromatic heterocycles. The molecule has 0 N–H and O–H groups in total. The van der Waals surface area contributed by atoms with Crippen molar-refractivity contribution in [2.45, 2.75) is 6.92 Å². The van der Waals surface area contributed by atoms with Crippen LogP contribution in [0.25, 0.3) is 0 Å². The molecule has 0 saturated heterocycles. The lowest BCUT2D eigenvalue weighted by molar-refractivity contribution is -0.110. The van der Waals surface area contributed by atoms with E-state index in [1.54, 1.807) is 0 Å². The van der Waals surface area contributed by atoms with Crippen LogP contribution in [0.1, 0.15) is 6.92 Å². The number of hydrogen-bond donors (Lipinski definition) is 1. The highest BCUT2D eigenvalue weighted by Gasteiger charge is 1.89. The van der Waals surface area contributed by atoms with Gasteiger partial charge in [0.15, 0.2) is 0 Å². The molecule has 0 radical (unpaired) electrons. The molecule has 6 heavy (non-hydrogen) atoms. The van der Waals surface area contributed by atoms with Gasteiger partial charge in [-0.2, -0.15) is 12.6 Å². The minimum atomic E-state index is 0.119. The topological polar surface area (TPSA) is 17.1 Å². The Morgan fingerprint density at radius 1 is 2.00 bits per heavy atom. The predicted molar refractivity (Wildman–Crippen MR) is 29.1 cm³/mol. The van der Waals surface area contributed by atoms with Crippen molar-refractivity contribution < 1.29 is 4.79 Å². The van der Waals surface area contributed by atoms with Crippen LogP contribution < -0.4 is 0 Å². The largest absolute Gasteiger partial charge is 0.303 e. The molecule has 36 valence electrons. The van der Waals surface area contributed by atoms with Crippen LogP contribution >= 0.6 is 12.6 Å². The van der Waals surface area contributed by atoms with Gasteiger partial charge in [-0.3, -0.25) is 0 Å². The second-order valence-corrected chi connectivity index (χ2v) is 1.66. The predicted octanol–water partition coefficient (Wildman–Crippen LogP) is 0.751. The van der Waals surface area contributed by atoms with E-state index in [0.29, 0.717) is 5.75 Å². The van der Waals surface area contributed by atoms with Crippen LogP contribution in [0.5, 0.6) is 0 Å². The molecule has 1 atom stereocenters. The maximum Gasteiger partial charge on any atom is 0.123 e. The van der Waals surface area contributed by atoms with Crippen LogP contribution in [-0.4, -0.2) is 12.0 Å². The second kappa shape index (κ2) is 3.22. The summed E-state index contributed by atoms with van der Waals surface area (Å²) >= 11 is 3.86. The summed E-state index contributed by atoms with van der Waals surface area (Å²) in [7, 11) is 0. The molecule has 0 amide bonds. The molecule has 0 aliphatic carbocycles. The summed E-state index contributed by atoms with van der Waals surface area (Å²) in [6.45, 7) is 1.83. The molecule has 0 saturated carbocycles. The number of carbonyl (C=O) groups is 1. The van der Waals surface area contributed by atoms with Gasteiger partial charge < -0.3 is 4.79 Å². The SMILES string of the molecule is C[C@H](C=O)CS. The first-order chi connectivity index (χ1) is 2.81. The van der Waals surface area contributed by atoms with Gasteiger partial charge in [0.1, 0.15) is 6.29 Å². The zero-order chi connectivity index (χ0) is 4.99. The van der Waals surface area contributed by atoms with Crippen LogP contribution in [0, 0.1) is 5.92 Å². The first-order valence-electron chi connectivity index (χ1n) is 1.87. The van der Waals surface area contributed by atoms with Crippen molar-refractivity contribution in [2.75, 3.05) is 5.75 Å². The van der Waals surface area contributed by atoms with Gasteiger partial charge in [0, 0.05) is 5.92 Å². The van der Waals surface area contributed by atoms with Crippen molar-refractivity contribution in [1.82, 2.24) is 0 Å². The monoisotopic (exact) mass is 104 g/mol. The van der Waals surface area contributed by atoms with Gasteiger partial charge in [0.05, 0.1) is 0 Å². The fraction of sp³-hybridized carbons (Fsp3) is 0.750. The summed E-state index contributed by atoms with van der Waals surface area (Å²) in [6.07, 6.45) is 0.896. The Labute approximate surface area is 43.2 Å². The lowest BCUT2D eigenvalue weighted by Crippen LogP contribution is -1.94. The molecule has 0 aliphatic heterocycles. The lowest BCUT2D eigenvalue weighted by atomic mass is 10.3. The molecule has 0 rings (SSSR count). The van der Waals surface area contributed by atoms with Gasteiger partial charge in [-0.15, -0.1) is 0 Å². The molecular formula is C4H8OS. The summed E-state index contributed by atoms with van der Waals surface area (Å²) in [5, 5.41) is 0. The Balaban J connectivity index is 2.96. The average Bonchev–Trinajstić information content (AvgIpc) is 1.65. The van der Waals surface area contributed by atoms with Gasteiger partial charge in [-0.25, -0.2) is 0 Å². The minimum Gasteiger partial charge on any atom is -0.303 e. The maximum absolute atomic E-state index is 9.69. The first-order valence-corrected chi connectivity index (χ1v) is 2.50. The summed E-state index contributed by atoms with van der Waals surface area (Å²) in [4.78, 5) is 9.69. The molecule has 0 fully saturated rings. The van der Waals surface area contributed by atoms with Crippen molar-refractivity contribution >= 4 is 18.9 Å². The van der Waals surface area contributed by atoms with E-state index in [2.05, 4.69) is 12.6 Å². The molecular weight excluding hydrogens is 96.1 g/mol. The molecule has 0 bridgehead atoms. The van der Waals surface area contributed by atoms with Crippen molar-refractivity contribution in [2.24, 2.45) is 5.92 Å². The Morgan fingerprint density at radius 3 is 2.50 bits per heavy atom. The van der Waals surface area contributed by atoms with Crippen LogP contribution in [0.15, 0.2) is 0 Å². The van der Waals surface area contributed by atoms with Gasteiger partial charge in [0.25, 0.3) is 0 Å². The van der Waals surface area contributed by atoms with Gasteiger partial charge in [-0.05, 0) is 5.75 Å². The van der Waals surface area contributed by atoms with Crippen molar-refractivity contribution in [1.29, 1.82) is 0 Å². The Hall–Kier alpha value is 0.0200. The van der Waals surface area contributed by atoms with E-state index >= 15 is 0 Å². The van der Waals surface area contributed by atoms with E-state index in [1.807, 2.05) is 6.92 Å². The third-order valence-corrected chi connectivity index (χ3v) is 1.10. The van der Waals surface area contributed by atoms with Crippen LogP contribution in [0.2, 0.25) is 0 Å². The Kier molecular flexibility index (Phi) is 3.23. The zero-order valence-electron chi connectivity index (χ0n) is 3.72. The Morgan fingerprint density at radius 2 is 2.50 bits per heavy atom. The highest BCUT2D eigenvalue weighted by molar-refractivity contribution is 7.80. The normalized spacial score (nSPS) is 13.7. The third-order valence-electron chi connectivity index (χ3n) is 0.520. The molecule has 0 unspecified atom stereocenters. The Bertz CT molecular complexity index is 44.8. The standard InChI is InChI=1S/C4H8OS/c1-4(2-5)3-6/h2,4,6H,3H2,1H3/t4-/m1/s1. The highest BCUT2D eigenvalue weighted by Crippen LogP contribution is 1.88. The molecule has 0 aromatic carbocycles. The summed E-state index contributed by atoms with van der Waals surface area (Å²) < 4.78 is 0. The van der Waals surface area contributed by atoms with E-state index in [0.717, 1.165) is 6.29 Å². The smallest absolute Gasteiger partial charge is 0.123 e. The van der Waals surface area contributed by atoms with Crippen molar-refractivity contribution in [3.63, 3.8) is 0 Å².